The van der Waals surface area contributed by atoms with Crippen molar-refractivity contribution in [3.8, 4) is 6.07 Å². The molecule has 2 rings (SSSR count). The van der Waals surface area contributed by atoms with Crippen LogP contribution in [0.4, 0.5) is 0 Å². The smallest absolute Gasteiger partial charge is 0.244 e. The standard InChI is InChI=1S/C12H14ClN3O2S/c13-11-2-1-9(6-14)5-12(11)19(17,18)16-4-3-10(7-15)8-16/h1-2,5,10H,3-4,7-8,15H2. The average Bonchev–Trinajstić information content (AvgIpc) is 2.88. The van der Waals surface area contributed by atoms with E-state index in [-0.39, 0.29) is 21.4 Å². The van der Waals surface area contributed by atoms with Gasteiger partial charge in [0.25, 0.3) is 0 Å². The van der Waals surface area contributed by atoms with Crippen molar-refractivity contribution in [2.75, 3.05) is 19.6 Å². The summed E-state index contributed by atoms with van der Waals surface area (Å²) in [6.07, 6.45) is 0.755. The molecule has 19 heavy (non-hydrogen) atoms. The van der Waals surface area contributed by atoms with E-state index < -0.39 is 10.0 Å². The molecule has 1 aromatic rings. The number of sulfonamides is 1. The number of nitriles is 1. The van der Waals surface area contributed by atoms with Gasteiger partial charge in [0.15, 0.2) is 0 Å². The first-order valence-electron chi connectivity index (χ1n) is 5.89. The Labute approximate surface area is 117 Å². The number of rotatable bonds is 3. The van der Waals surface area contributed by atoms with E-state index in [2.05, 4.69) is 0 Å². The molecular weight excluding hydrogens is 286 g/mol. The van der Waals surface area contributed by atoms with Gasteiger partial charge in [-0.2, -0.15) is 9.57 Å². The summed E-state index contributed by atoms with van der Waals surface area (Å²) in [7, 11) is -3.65. The fourth-order valence-corrected chi connectivity index (χ4v) is 4.15. The molecule has 0 saturated carbocycles. The highest BCUT2D eigenvalue weighted by Gasteiger charge is 2.33. The van der Waals surface area contributed by atoms with Gasteiger partial charge in [-0.3, -0.25) is 0 Å². The number of nitrogens with two attached hydrogens (primary N) is 1. The Morgan fingerprint density at radius 1 is 1.53 bits per heavy atom. The van der Waals surface area contributed by atoms with Crippen LogP contribution >= 0.6 is 11.6 Å². The summed E-state index contributed by atoms with van der Waals surface area (Å²) in [6, 6.07) is 6.16. The first kappa shape index (κ1) is 14.3. The molecule has 0 aromatic heterocycles. The van der Waals surface area contributed by atoms with E-state index in [9.17, 15) is 8.42 Å². The molecule has 1 fully saturated rings. The van der Waals surface area contributed by atoms with Crippen molar-refractivity contribution in [1.29, 1.82) is 5.26 Å². The molecule has 1 heterocycles. The number of benzene rings is 1. The van der Waals surface area contributed by atoms with Crippen LogP contribution < -0.4 is 5.73 Å². The Kier molecular flexibility index (Phi) is 4.11. The summed E-state index contributed by atoms with van der Waals surface area (Å²) in [4.78, 5) is -0.00844. The lowest BCUT2D eigenvalue weighted by molar-refractivity contribution is 0.459. The molecule has 0 aliphatic carbocycles. The minimum atomic E-state index is -3.65. The third kappa shape index (κ3) is 2.74. The Balaban J connectivity index is 2.38. The van der Waals surface area contributed by atoms with Crippen molar-refractivity contribution in [3.63, 3.8) is 0 Å². The van der Waals surface area contributed by atoms with Crippen molar-refractivity contribution in [2.45, 2.75) is 11.3 Å². The first-order chi connectivity index (χ1) is 8.98. The summed E-state index contributed by atoms with van der Waals surface area (Å²) in [6.45, 7) is 1.32. The summed E-state index contributed by atoms with van der Waals surface area (Å²) < 4.78 is 26.3. The molecule has 1 aromatic carbocycles. The minimum Gasteiger partial charge on any atom is -0.330 e. The second-order valence-electron chi connectivity index (χ2n) is 4.51. The van der Waals surface area contributed by atoms with Crippen LogP contribution in [0.2, 0.25) is 5.02 Å². The third-order valence-electron chi connectivity index (χ3n) is 3.26. The van der Waals surface area contributed by atoms with Crippen LogP contribution in [0, 0.1) is 17.2 Å². The molecule has 1 saturated heterocycles. The van der Waals surface area contributed by atoms with E-state index in [1.807, 2.05) is 6.07 Å². The molecular formula is C12H14ClN3O2S. The van der Waals surface area contributed by atoms with E-state index in [1.54, 1.807) is 0 Å². The lowest BCUT2D eigenvalue weighted by Crippen LogP contribution is -2.30. The van der Waals surface area contributed by atoms with Crippen molar-refractivity contribution < 1.29 is 8.42 Å². The lowest BCUT2D eigenvalue weighted by Gasteiger charge is -2.17. The van der Waals surface area contributed by atoms with E-state index in [0.29, 0.717) is 19.6 Å². The van der Waals surface area contributed by atoms with Crippen LogP contribution in [0.5, 0.6) is 0 Å². The third-order valence-corrected chi connectivity index (χ3v) is 5.61. The Bertz CT molecular complexity index is 624. The van der Waals surface area contributed by atoms with Gasteiger partial charge >= 0.3 is 0 Å². The minimum absolute atomic E-state index is 0.00844. The summed E-state index contributed by atoms with van der Waals surface area (Å²) in [5.41, 5.74) is 5.84. The van der Waals surface area contributed by atoms with Crippen molar-refractivity contribution in [2.24, 2.45) is 11.7 Å². The van der Waals surface area contributed by atoms with Crippen LogP contribution in [0.1, 0.15) is 12.0 Å². The largest absolute Gasteiger partial charge is 0.330 e. The normalized spacial score (nSPS) is 20.4. The average molecular weight is 300 g/mol. The summed E-state index contributed by atoms with van der Waals surface area (Å²) in [5.74, 6) is 0.188. The molecule has 0 radical (unpaired) electrons. The highest BCUT2D eigenvalue weighted by molar-refractivity contribution is 7.89. The number of hydrogen-bond donors (Lipinski definition) is 1. The molecule has 0 amide bonds. The Morgan fingerprint density at radius 2 is 2.26 bits per heavy atom. The van der Waals surface area contributed by atoms with Crippen molar-refractivity contribution in [1.82, 2.24) is 4.31 Å². The van der Waals surface area contributed by atoms with Gasteiger partial charge in [0.2, 0.25) is 10.0 Å². The van der Waals surface area contributed by atoms with Gasteiger partial charge in [-0.1, -0.05) is 11.6 Å². The topological polar surface area (TPSA) is 87.2 Å². The maximum absolute atomic E-state index is 12.5. The summed E-state index contributed by atoms with van der Waals surface area (Å²) in [5, 5.41) is 8.98. The number of hydrogen-bond acceptors (Lipinski definition) is 4. The van der Waals surface area contributed by atoms with E-state index >= 15 is 0 Å². The molecule has 7 heteroatoms. The quantitative estimate of drug-likeness (QED) is 0.908. The zero-order chi connectivity index (χ0) is 14.0. The second-order valence-corrected chi connectivity index (χ2v) is 6.82. The predicted octanol–water partition coefficient (Wildman–Crippen LogP) is 1.18. The van der Waals surface area contributed by atoms with E-state index in [4.69, 9.17) is 22.6 Å². The van der Waals surface area contributed by atoms with Gasteiger partial charge in [0, 0.05) is 13.1 Å². The second kappa shape index (κ2) is 5.47. The van der Waals surface area contributed by atoms with Crippen LogP contribution in [0.15, 0.2) is 23.1 Å². The number of halogens is 1. The van der Waals surface area contributed by atoms with Gasteiger partial charge in [0.05, 0.1) is 16.7 Å². The SMILES string of the molecule is N#Cc1ccc(Cl)c(S(=O)(=O)N2CCC(CN)C2)c1. The van der Waals surface area contributed by atoms with Gasteiger partial charge in [-0.25, -0.2) is 8.42 Å². The van der Waals surface area contributed by atoms with Crippen LogP contribution in [-0.2, 0) is 10.0 Å². The van der Waals surface area contributed by atoms with Gasteiger partial charge in [0.1, 0.15) is 4.90 Å². The van der Waals surface area contributed by atoms with Crippen molar-refractivity contribution >= 4 is 21.6 Å². The molecule has 1 unspecified atom stereocenters. The molecule has 1 aliphatic heterocycles. The molecule has 1 atom stereocenters. The molecule has 2 N–H and O–H groups in total. The number of nitrogens with zero attached hydrogens (tertiary/aromatic N) is 2. The van der Waals surface area contributed by atoms with Gasteiger partial charge < -0.3 is 5.73 Å². The summed E-state index contributed by atoms with van der Waals surface area (Å²) >= 11 is 5.95. The zero-order valence-electron chi connectivity index (χ0n) is 10.2. The molecule has 0 bridgehead atoms. The lowest BCUT2D eigenvalue weighted by atomic mass is 10.1. The molecule has 5 nitrogen and oxygen atoms in total. The maximum atomic E-state index is 12.5. The monoisotopic (exact) mass is 299 g/mol. The van der Waals surface area contributed by atoms with Crippen molar-refractivity contribution in [3.05, 3.63) is 28.8 Å². The fraction of sp³-hybridized carbons (Fsp3) is 0.417. The van der Waals surface area contributed by atoms with Crippen LogP contribution in [-0.4, -0.2) is 32.4 Å². The predicted molar refractivity (Wildman–Crippen MR) is 72.1 cm³/mol. The first-order valence-corrected chi connectivity index (χ1v) is 7.70. The zero-order valence-corrected chi connectivity index (χ0v) is 11.8. The van der Waals surface area contributed by atoms with E-state index in [0.717, 1.165) is 6.42 Å². The Morgan fingerprint density at radius 3 is 2.84 bits per heavy atom. The van der Waals surface area contributed by atoms with Crippen LogP contribution in [0.25, 0.3) is 0 Å². The van der Waals surface area contributed by atoms with Crippen LogP contribution in [0.3, 0.4) is 0 Å². The van der Waals surface area contributed by atoms with E-state index in [1.165, 1.54) is 22.5 Å². The van der Waals surface area contributed by atoms with Gasteiger partial charge in [-0.05, 0) is 37.1 Å². The van der Waals surface area contributed by atoms with Gasteiger partial charge in [-0.15, -0.1) is 0 Å². The molecule has 1 aliphatic rings. The fourth-order valence-electron chi connectivity index (χ4n) is 2.12. The molecule has 0 spiro atoms. The highest BCUT2D eigenvalue weighted by atomic mass is 35.5. The molecule has 102 valence electrons. The Hall–Kier alpha value is -1.13. The maximum Gasteiger partial charge on any atom is 0.244 e. The highest BCUT2D eigenvalue weighted by Crippen LogP contribution is 2.29.